The van der Waals surface area contributed by atoms with Gasteiger partial charge in [0.15, 0.2) is 0 Å². The minimum Gasteiger partial charge on any atom is -0.354 e. The van der Waals surface area contributed by atoms with Crippen molar-refractivity contribution in [2.75, 3.05) is 7.11 Å². The van der Waals surface area contributed by atoms with Crippen LogP contribution < -0.4 is 16.1 Å². The number of methoxy groups -OCH3 is 1. The molecule has 2 aliphatic rings. The maximum absolute atomic E-state index is 5.80. The van der Waals surface area contributed by atoms with Crippen LogP contribution in [0.3, 0.4) is 0 Å². The average Bonchev–Trinajstić information content (AvgIpc) is 2.53. The highest BCUT2D eigenvalue weighted by atomic mass is 16.5. The zero-order valence-electron chi connectivity index (χ0n) is 6.24. The summed E-state index contributed by atoms with van der Waals surface area (Å²) in [6.07, 6.45) is 3.39. The number of nitrogens with zero attached hydrogens (tertiary/aromatic N) is 1. The van der Waals surface area contributed by atoms with Crippen LogP contribution in [0.4, 0.5) is 0 Å². The third kappa shape index (κ3) is 0.857. The molecule has 0 saturated carbocycles. The minimum atomic E-state index is -0.134. The molecule has 0 spiro atoms. The lowest BCUT2D eigenvalue weighted by atomic mass is 10.5. The van der Waals surface area contributed by atoms with Gasteiger partial charge in [0.05, 0.1) is 6.21 Å². The van der Waals surface area contributed by atoms with Crippen molar-refractivity contribution < 1.29 is 9.75 Å². The Bertz CT molecular complexity index is 225. The van der Waals surface area contributed by atoms with E-state index in [1.165, 1.54) is 0 Å². The van der Waals surface area contributed by atoms with Gasteiger partial charge >= 0.3 is 0 Å². The van der Waals surface area contributed by atoms with Gasteiger partial charge in [-0.25, -0.2) is 0 Å². The third-order valence-electron chi connectivity index (χ3n) is 1.92. The molecule has 11 heavy (non-hydrogen) atoms. The van der Waals surface area contributed by atoms with E-state index in [0.717, 1.165) is 10.8 Å². The smallest absolute Gasteiger partial charge is 0.231 e. The first kappa shape index (κ1) is 6.78. The maximum atomic E-state index is 5.80. The normalized spacial score (nSPS) is 40.2. The largest absolute Gasteiger partial charge is 0.354 e. The van der Waals surface area contributed by atoms with Crippen molar-refractivity contribution in [1.29, 1.82) is 0 Å². The van der Waals surface area contributed by atoms with E-state index in [0.29, 0.717) is 0 Å². The molecule has 0 amide bonds. The van der Waals surface area contributed by atoms with Crippen molar-refractivity contribution in [2.24, 2.45) is 10.8 Å². The molecule has 3 atom stereocenters. The van der Waals surface area contributed by atoms with Gasteiger partial charge in [0, 0.05) is 13.2 Å². The van der Waals surface area contributed by atoms with Gasteiger partial charge in [-0.05, 0) is 0 Å². The summed E-state index contributed by atoms with van der Waals surface area (Å²) in [6.45, 7) is 0. The molecule has 0 aromatic carbocycles. The molecule has 0 aliphatic carbocycles. The molecule has 0 aromatic rings. The summed E-state index contributed by atoms with van der Waals surface area (Å²) in [4.78, 5) is 0. The van der Waals surface area contributed by atoms with Crippen LogP contribution in [0.25, 0.3) is 0 Å². The molecule has 2 rings (SSSR count). The highest BCUT2D eigenvalue weighted by Crippen LogP contribution is 1.99. The fraction of sp³-hybridized carbons (Fsp3) is 0.500. The van der Waals surface area contributed by atoms with Gasteiger partial charge in [-0.3, -0.25) is 5.73 Å². The second-order valence-corrected chi connectivity index (χ2v) is 2.57. The van der Waals surface area contributed by atoms with Crippen LogP contribution in [0.1, 0.15) is 0 Å². The van der Waals surface area contributed by atoms with Crippen molar-refractivity contribution >= 4 is 6.21 Å². The Balaban J connectivity index is 2.18. The van der Waals surface area contributed by atoms with Gasteiger partial charge in [-0.2, -0.15) is 0 Å². The number of ether oxygens (including phenoxy) is 1. The van der Waals surface area contributed by atoms with Crippen LogP contribution >= 0.6 is 0 Å². The topological polar surface area (TPSA) is 64.1 Å². The number of quaternary nitrogens is 1. The van der Waals surface area contributed by atoms with E-state index >= 15 is 0 Å². The van der Waals surface area contributed by atoms with Crippen LogP contribution in [-0.4, -0.2) is 25.7 Å². The summed E-state index contributed by atoms with van der Waals surface area (Å²) >= 11 is 0. The summed E-state index contributed by atoms with van der Waals surface area (Å²) < 4.78 is 5.09. The van der Waals surface area contributed by atoms with Crippen molar-refractivity contribution in [3.8, 4) is 0 Å². The van der Waals surface area contributed by atoms with Crippen LogP contribution in [0.2, 0.25) is 0 Å². The van der Waals surface area contributed by atoms with Gasteiger partial charge in [-0.15, -0.1) is 5.01 Å². The fourth-order valence-corrected chi connectivity index (χ4v) is 1.33. The summed E-state index contributed by atoms with van der Waals surface area (Å²) in [5.74, 6) is 0.990. The summed E-state index contributed by atoms with van der Waals surface area (Å²) in [7, 11) is 1.63. The van der Waals surface area contributed by atoms with Crippen molar-refractivity contribution in [3.05, 3.63) is 11.9 Å². The molecular weight excluding hydrogens is 144 g/mol. The second-order valence-electron chi connectivity index (χ2n) is 2.57. The van der Waals surface area contributed by atoms with Crippen LogP contribution in [0.5, 0.6) is 0 Å². The molecule has 1 saturated heterocycles. The number of hydrogen-bond acceptors (Lipinski definition) is 4. The molecule has 5 heteroatoms. The number of allylic oxidation sites excluding steroid dienone is 1. The highest BCUT2D eigenvalue weighted by molar-refractivity contribution is 5.72. The van der Waals surface area contributed by atoms with E-state index in [1.54, 1.807) is 13.3 Å². The van der Waals surface area contributed by atoms with Gasteiger partial charge in [0.25, 0.3) is 0 Å². The Morgan fingerprint density at radius 1 is 1.82 bits per heavy atom. The molecule has 5 nitrogen and oxygen atoms in total. The first-order chi connectivity index (χ1) is 5.33. The minimum absolute atomic E-state index is 0.117. The predicted molar refractivity (Wildman–Crippen MR) is 39.4 cm³/mol. The van der Waals surface area contributed by atoms with Crippen molar-refractivity contribution in [2.45, 2.75) is 12.4 Å². The van der Waals surface area contributed by atoms with Gasteiger partial charge < -0.3 is 10.1 Å². The Labute approximate surface area is 64.5 Å². The maximum Gasteiger partial charge on any atom is 0.231 e. The lowest BCUT2D eigenvalue weighted by molar-refractivity contribution is -0.883. The standard InChI is InChI=1S/C6H10N4O/c1-11-6-5(7)10-4(9-6)2-3-8-10/h2-3,5-6,9H,7H2,1H3/p+1. The number of nitrogens with one attached hydrogen (secondary N) is 2. The Kier molecular flexibility index (Phi) is 1.42. The fourth-order valence-electron chi connectivity index (χ4n) is 1.33. The zero-order valence-corrected chi connectivity index (χ0v) is 6.24. The van der Waals surface area contributed by atoms with Gasteiger partial charge in [-0.1, -0.05) is 5.10 Å². The molecule has 0 bridgehead atoms. The summed E-state index contributed by atoms with van der Waals surface area (Å²) in [6, 6.07) is 0. The lowest BCUT2D eigenvalue weighted by Crippen LogP contribution is -3.09. The molecule has 0 aromatic heterocycles. The van der Waals surface area contributed by atoms with Gasteiger partial charge in [0.1, 0.15) is 0 Å². The number of rotatable bonds is 1. The zero-order chi connectivity index (χ0) is 7.84. The molecule has 60 valence electrons. The van der Waals surface area contributed by atoms with E-state index in [4.69, 9.17) is 10.5 Å². The Hall–Kier alpha value is -0.910. The Morgan fingerprint density at radius 2 is 2.64 bits per heavy atom. The summed E-state index contributed by atoms with van der Waals surface area (Å²) in [5, 5.41) is 8.11. The molecule has 2 heterocycles. The number of fused-ring (bicyclic) bond motifs is 1. The molecule has 3 unspecified atom stereocenters. The lowest BCUT2D eigenvalue weighted by Gasteiger charge is -2.10. The molecule has 4 N–H and O–H groups in total. The first-order valence-electron chi connectivity index (χ1n) is 3.49. The molecule has 1 fully saturated rings. The van der Waals surface area contributed by atoms with E-state index in [-0.39, 0.29) is 12.4 Å². The SMILES string of the molecule is COC1NC2=CC=N[NH+]2C1N. The first-order valence-corrected chi connectivity index (χ1v) is 3.49. The third-order valence-corrected chi connectivity index (χ3v) is 1.92. The monoisotopic (exact) mass is 155 g/mol. The molecule has 0 radical (unpaired) electrons. The predicted octanol–water partition coefficient (Wildman–Crippen LogP) is -2.43. The Morgan fingerprint density at radius 3 is 3.27 bits per heavy atom. The van der Waals surface area contributed by atoms with Crippen molar-refractivity contribution in [3.63, 3.8) is 0 Å². The van der Waals surface area contributed by atoms with E-state index < -0.39 is 0 Å². The van der Waals surface area contributed by atoms with Crippen LogP contribution in [0, 0.1) is 0 Å². The number of nitrogens with two attached hydrogens (primary N) is 1. The molecular formula is C6H11N4O+. The average molecular weight is 155 g/mol. The molecule has 2 aliphatic heterocycles. The summed E-state index contributed by atoms with van der Waals surface area (Å²) in [5.41, 5.74) is 5.80. The van der Waals surface area contributed by atoms with Crippen molar-refractivity contribution in [1.82, 2.24) is 5.32 Å². The number of hydrogen-bond donors (Lipinski definition) is 3. The van der Waals surface area contributed by atoms with Gasteiger partial charge in [0.2, 0.25) is 18.2 Å². The van der Waals surface area contributed by atoms with Crippen LogP contribution in [0.15, 0.2) is 17.0 Å². The van der Waals surface area contributed by atoms with E-state index in [2.05, 4.69) is 10.4 Å². The second kappa shape index (κ2) is 2.30. The van der Waals surface area contributed by atoms with Crippen LogP contribution in [-0.2, 0) is 4.74 Å². The van der Waals surface area contributed by atoms with E-state index in [1.807, 2.05) is 6.08 Å². The quantitative estimate of drug-likeness (QED) is 0.394. The highest BCUT2D eigenvalue weighted by Gasteiger charge is 2.41. The van der Waals surface area contributed by atoms with E-state index in [9.17, 15) is 0 Å².